The minimum absolute atomic E-state index is 0.131. The number of carbonyl (C=O) groups is 1. The summed E-state index contributed by atoms with van der Waals surface area (Å²) in [6, 6.07) is 14.5. The molecule has 1 aliphatic carbocycles. The van der Waals surface area contributed by atoms with Crippen LogP contribution in [0.1, 0.15) is 0 Å². The van der Waals surface area contributed by atoms with E-state index in [9.17, 15) is 15.2 Å². The van der Waals surface area contributed by atoms with Crippen LogP contribution in [0.5, 0.6) is 0 Å². The summed E-state index contributed by atoms with van der Waals surface area (Å²) >= 11 is 0. The monoisotopic (exact) mass is 615 g/mol. The van der Waals surface area contributed by atoms with E-state index in [1.165, 1.54) is 6.08 Å². The van der Waals surface area contributed by atoms with Gasteiger partial charge in [-0.2, -0.15) is 9.29 Å². The minimum atomic E-state index is -0.430. The maximum atomic E-state index is 12.6. The first kappa shape index (κ1) is 34.6. The number of nitrogens with one attached hydrogen (secondary N) is 3. The molecule has 0 atom stereocenters. The number of aliphatic imine (C=N–C) groups is 1. The molecule has 0 aromatic heterocycles. The third kappa shape index (κ3) is 10.7. The predicted octanol–water partition coefficient (Wildman–Crippen LogP) is 0.385. The second-order valence-corrected chi connectivity index (χ2v) is 10.5. The first-order valence-corrected chi connectivity index (χ1v) is 14.5. The second kappa shape index (κ2) is 16.8. The fourth-order valence-electron chi connectivity index (χ4n) is 4.63. The molecule has 0 unspecified atom stereocenters. The van der Waals surface area contributed by atoms with Crippen LogP contribution >= 0.6 is 0 Å². The number of rotatable bonds is 19. The van der Waals surface area contributed by atoms with Gasteiger partial charge in [-0.1, -0.05) is 0 Å². The summed E-state index contributed by atoms with van der Waals surface area (Å²) in [5.41, 5.74) is 9.98. The Balaban J connectivity index is 1.59. The molecular weight excluding hydrogens is 570 g/mol. The predicted molar refractivity (Wildman–Crippen MR) is 168 cm³/mol. The Hall–Kier alpha value is -3.86. The topological polar surface area (TPSA) is 213 Å². The van der Waals surface area contributed by atoms with Gasteiger partial charge in [0.25, 0.3) is 0 Å². The zero-order valence-electron chi connectivity index (χ0n) is 24.8. The molecule has 0 amide bonds. The molecule has 0 radical (unpaired) electrons. The summed E-state index contributed by atoms with van der Waals surface area (Å²) in [4.78, 5) is 17.2. The van der Waals surface area contributed by atoms with E-state index < -0.39 is 9.29 Å². The average molecular weight is 616 g/mol. The lowest BCUT2D eigenvalue weighted by atomic mass is 10.1. The van der Waals surface area contributed by atoms with Crippen LogP contribution in [-0.2, 0) is 4.79 Å². The van der Waals surface area contributed by atoms with Crippen molar-refractivity contribution in [3.63, 3.8) is 0 Å². The van der Waals surface area contributed by atoms with Crippen molar-refractivity contribution in [2.75, 3.05) is 94.7 Å². The van der Waals surface area contributed by atoms with Crippen LogP contribution < -0.4 is 21.7 Å². The van der Waals surface area contributed by atoms with Crippen molar-refractivity contribution in [3.05, 3.63) is 72.1 Å². The second-order valence-electron chi connectivity index (χ2n) is 10.5. The molecule has 0 fully saturated rings. The van der Waals surface area contributed by atoms with Gasteiger partial charge in [-0.3, -0.25) is 4.79 Å². The van der Waals surface area contributed by atoms with Gasteiger partial charge in [-0.05, 0) is 54.6 Å². The van der Waals surface area contributed by atoms with E-state index in [1.54, 1.807) is 30.3 Å². The molecule has 0 bridgehead atoms. The van der Waals surface area contributed by atoms with E-state index in [-0.39, 0.29) is 64.1 Å². The smallest absolute Gasteiger partial charge is 0.204 e. The lowest BCUT2D eigenvalue weighted by Crippen LogP contribution is -2.51. The zero-order valence-corrected chi connectivity index (χ0v) is 24.8. The Kier molecular flexibility index (Phi) is 13.3. The van der Waals surface area contributed by atoms with E-state index in [1.807, 2.05) is 24.3 Å². The molecule has 1 aliphatic rings. The number of hydrogen-bond acceptors (Lipinski definition) is 12. The van der Waals surface area contributed by atoms with E-state index >= 15 is 0 Å². The number of nitrogens with two attached hydrogens (primary N) is 1. The van der Waals surface area contributed by atoms with Gasteiger partial charge in [0.05, 0.1) is 62.3 Å². The molecule has 0 heterocycles. The number of ketones is 1. The summed E-state index contributed by atoms with van der Waals surface area (Å²) < 4.78 is -0.858. The first-order chi connectivity index (χ1) is 21.1. The van der Waals surface area contributed by atoms with Gasteiger partial charge in [0.15, 0.2) is 0 Å². The van der Waals surface area contributed by atoms with Gasteiger partial charge in [-0.25, -0.2) is 15.4 Å². The van der Waals surface area contributed by atoms with Crippen LogP contribution in [-0.4, -0.2) is 130 Å². The molecule has 14 heteroatoms. The Morgan fingerprint density at radius 1 is 0.636 bits per heavy atom. The maximum Gasteiger partial charge on any atom is 0.204 e. The van der Waals surface area contributed by atoms with Crippen molar-refractivity contribution in [1.82, 2.24) is 0 Å². The van der Waals surface area contributed by atoms with Crippen LogP contribution in [0, 0.1) is 0 Å². The quantitative estimate of drug-likeness (QED) is 0.0593. The normalized spacial score (nSPS) is 14.8. The molecule has 2 aromatic carbocycles. The van der Waals surface area contributed by atoms with Crippen LogP contribution in [0.25, 0.3) is 0 Å². The number of carbonyl (C=O) groups excluding carboxylic acids is 1. The summed E-state index contributed by atoms with van der Waals surface area (Å²) in [6.45, 7) is 1.25. The number of nitrogens with zero attached hydrogens (tertiary/aromatic N) is 3. The SMILES string of the molecule is NC1=CC(=O)C(Nc2ccc(NCC[N+](O)(CCO)CCO)cc2)=CC1=Nc1ccc(NCC[N+](O)(CCO)CCO)cc1. The lowest BCUT2D eigenvalue weighted by Gasteiger charge is -2.29. The van der Waals surface area contributed by atoms with E-state index in [2.05, 4.69) is 20.9 Å². The molecule has 0 spiro atoms. The highest BCUT2D eigenvalue weighted by molar-refractivity contribution is 6.23. The first-order valence-electron chi connectivity index (χ1n) is 14.5. The van der Waals surface area contributed by atoms with E-state index in [0.29, 0.717) is 49.0 Å². The van der Waals surface area contributed by atoms with Gasteiger partial charge in [0, 0.05) is 23.1 Å². The van der Waals surface area contributed by atoms with Gasteiger partial charge >= 0.3 is 0 Å². The molecule has 0 saturated carbocycles. The Morgan fingerprint density at radius 2 is 1.07 bits per heavy atom. The number of allylic oxidation sites excluding steroid dienone is 2. The highest BCUT2D eigenvalue weighted by Crippen LogP contribution is 2.21. The Morgan fingerprint density at radius 3 is 1.52 bits per heavy atom. The van der Waals surface area contributed by atoms with Crippen LogP contribution in [0.4, 0.5) is 22.7 Å². The molecule has 14 nitrogen and oxygen atoms in total. The number of aliphatic hydroxyl groups excluding tert-OH is 4. The van der Waals surface area contributed by atoms with Gasteiger partial charge in [0.1, 0.15) is 39.3 Å². The number of hydrogen-bond donors (Lipinski definition) is 10. The molecule has 11 N–H and O–H groups in total. The third-order valence-corrected chi connectivity index (χ3v) is 7.19. The maximum absolute atomic E-state index is 12.6. The molecule has 0 saturated heterocycles. The number of quaternary nitrogens is 2. The number of benzene rings is 2. The zero-order chi connectivity index (χ0) is 32.0. The Labute approximate surface area is 256 Å². The van der Waals surface area contributed by atoms with Gasteiger partial charge < -0.3 is 42.1 Å². The molecule has 2 aromatic rings. The molecular formula is C30H45N7O7+2. The average Bonchev–Trinajstić information content (AvgIpc) is 2.98. The largest absolute Gasteiger partial charge is 0.397 e. The fourth-order valence-corrected chi connectivity index (χ4v) is 4.63. The van der Waals surface area contributed by atoms with Crippen molar-refractivity contribution in [2.45, 2.75) is 0 Å². The van der Waals surface area contributed by atoms with Gasteiger partial charge in [-0.15, -0.1) is 0 Å². The Bertz CT molecular complexity index is 1290. The fraction of sp³-hybridized carbons (Fsp3) is 0.400. The summed E-state index contributed by atoms with van der Waals surface area (Å²) in [6.07, 6.45) is 2.92. The molecule has 0 aliphatic heterocycles. The van der Waals surface area contributed by atoms with E-state index in [4.69, 9.17) is 26.2 Å². The van der Waals surface area contributed by atoms with Crippen molar-refractivity contribution in [1.29, 1.82) is 0 Å². The van der Waals surface area contributed by atoms with Crippen molar-refractivity contribution >= 4 is 34.2 Å². The van der Waals surface area contributed by atoms with Crippen LogP contribution in [0.3, 0.4) is 0 Å². The highest BCUT2D eigenvalue weighted by atomic mass is 16.6. The summed E-state index contributed by atoms with van der Waals surface area (Å²) in [5.74, 6) is -0.284. The molecule has 3 rings (SSSR count). The molecule has 240 valence electrons. The minimum Gasteiger partial charge on any atom is -0.397 e. The summed E-state index contributed by atoms with van der Waals surface area (Å²) in [7, 11) is 0. The highest BCUT2D eigenvalue weighted by Gasteiger charge is 2.25. The summed E-state index contributed by atoms with van der Waals surface area (Å²) in [5, 5.41) is 67.1. The van der Waals surface area contributed by atoms with Crippen LogP contribution in [0.15, 0.2) is 77.1 Å². The number of aliphatic hydroxyl groups is 4. The van der Waals surface area contributed by atoms with Crippen molar-refractivity contribution < 1.29 is 44.9 Å². The lowest BCUT2D eigenvalue weighted by molar-refractivity contribution is -1.10. The number of anilines is 3. The van der Waals surface area contributed by atoms with Crippen molar-refractivity contribution in [2.24, 2.45) is 10.7 Å². The van der Waals surface area contributed by atoms with Crippen LogP contribution in [0.2, 0.25) is 0 Å². The van der Waals surface area contributed by atoms with E-state index in [0.717, 1.165) is 11.4 Å². The standard InChI is InChI=1S/C30H44N7O7/c31-27-21-30(42)29(35-26-7-3-24(4-8-26)33-10-12-37(44,15-19-40)16-20-41)22-28(27)34-25-5-1-23(2-6-25)32-9-11-36(43,13-17-38)14-18-39/h1-8,21-22,38-41,43-44H,9-20H2,(H4-,31,32,33,34,35,42)/q+1/p+1. The third-order valence-electron chi connectivity index (χ3n) is 7.19. The molecule has 44 heavy (non-hydrogen) atoms. The van der Waals surface area contributed by atoms with Gasteiger partial charge in [0.2, 0.25) is 5.78 Å². The number of hydroxylamine groups is 6. The van der Waals surface area contributed by atoms with Crippen molar-refractivity contribution in [3.8, 4) is 0 Å².